The fourth-order valence-corrected chi connectivity index (χ4v) is 2.32. The Bertz CT molecular complexity index is 847. The fourth-order valence-electron chi connectivity index (χ4n) is 2.32. The molecule has 0 aliphatic carbocycles. The quantitative estimate of drug-likeness (QED) is 0.558. The van der Waals surface area contributed by atoms with Gasteiger partial charge >= 0.3 is 11.7 Å². The van der Waals surface area contributed by atoms with Gasteiger partial charge in [0.2, 0.25) is 0 Å². The van der Waals surface area contributed by atoms with Crippen LogP contribution in [0.3, 0.4) is 0 Å². The third-order valence-corrected chi connectivity index (χ3v) is 4.01. The number of carbonyl (C=O) groups is 2. The third-order valence-electron chi connectivity index (χ3n) is 4.01. The Hall–Kier alpha value is -2.88. The maximum absolute atomic E-state index is 13.3. The lowest BCUT2D eigenvalue weighted by atomic mass is 9.99. The van der Waals surface area contributed by atoms with E-state index in [1.807, 2.05) is 13.8 Å². The molecule has 2 aromatic rings. The second kappa shape index (κ2) is 8.48. The molecular formula is C16H20FN5O4. The van der Waals surface area contributed by atoms with Gasteiger partial charge in [-0.15, -0.1) is 4.68 Å². The van der Waals surface area contributed by atoms with Crippen LogP contribution in [0, 0.1) is 11.7 Å². The van der Waals surface area contributed by atoms with Crippen molar-refractivity contribution >= 4 is 11.9 Å². The lowest BCUT2D eigenvalue weighted by molar-refractivity contribution is -0.144. The first-order chi connectivity index (χ1) is 12.4. The van der Waals surface area contributed by atoms with Crippen molar-refractivity contribution in [3.8, 4) is 5.69 Å². The molecule has 26 heavy (non-hydrogen) atoms. The molecule has 0 fully saturated rings. The summed E-state index contributed by atoms with van der Waals surface area (Å²) in [6.07, 6.45) is 0.691. The Morgan fingerprint density at radius 3 is 2.69 bits per heavy atom. The van der Waals surface area contributed by atoms with Crippen LogP contribution in [0.5, 0.6) is 0 Å². The Morgan fingerprint density at radius 1 is 1.35 bits per heavy atom. The number of esters is 1. The molecule has 0 unspecified atom stereocenters. The zero-order chi connectivity index (χ0) is 19.3. The maximum atomic E-state index is 13.3. The van der Waals surface area contributed by atoms with Gasteiger partial charge in [0.15, 0.2) is 0 Å². The Balaban J connectivity index is 2.15. The molecule has 1 aromatic heterocycles. The number of halogens is 1. The Morgan fingerprint density at radius 2 is 2.08 bits per heavy atom. The minimum Gasteiger partial charge on any atom is -0.468 e. The maximum Gasteiger partial charge on any atom is 0.375 e. The number of nitrogens with one attached hydrogen (secondary N) is 1. The van der Waals surface area contributed by atoms with Gasteiger partial charge in [-0.25, -0.2) is 9.18 Å². The predicted molar refractivity (Wildman–Crippen MR) is 89.5 cm³/mol. The lowest BCUT2D eigenvalue weighted by Gasteiger charge is -2.21. The minimum atomic E-state index is -0.833. The van der Waals surface area contributed by atoms with Gasteiger partial charge in [0.25, 0.3) is 5.91 Å². The summed E-state index contributed by atoms with van der Waals surface area (Å²) >= 11 is 0. The SMILES string of the molecule is CC[C@H](C)[C@H](NCC(=O)n1nnn(-c2cccc(F)c2)c1=O)C(=O)OC. The van der Waals surface area contributed by atoms with Gasteiger partial charge in [-0.1, -0.05) is 26.3 Å². The lowest BCUT2D eigenvalue weighted by Crippen LogP contribution is -2.46. The van der Waals surface area contributed by atoms with E-state index < -0.39 is 29.4 Å². The Kier molecular flexibility index (Phi) is 6.34. The van der Waals surface area contributed by atoms with E-state index in [4.69, 9.17) is 4.74 Å². The molecule has 9 nitrogen and oxygen atoms in total. The zero-order valence-corrected chi connectivity index (χ0v) is 14.7. The summed E-state index contributed by atoms with van der Waals surface area (Å²) in [5.41, 5.74) is -0.686. The van der Waals surface area contributed by atoms with Crippen LogP contribution in [0.4, 0.5) is 4.39 Å². The van der Waals surface area contributed by atoms with Crippen LogP contribution in [0.15, 0.2) is 29.1 Å². The number of rotatable bonds is 7. The third kappa shape index (κ3) is 4.20. The molecule has 0 saturated carbocycles. The van der Waals surface area contributed by atoms with Crippen molar-refractivity contribution in [3.63, 3.8) is 0 Å². The van der Waals surface area contributed by atoms with Crippen molar-refractivity contribution in [2.75, 3.05) is 13.7 Å². The average Bonchev–Trinajstić information content (AvgIpc) is 3.02. The van der Waals surface area contributed by atoms with E-state index in [2.05, 4.69) is 15.7 Å². The molecular weight excluding hydrogens is 345 g/mol. The van der Waals surface area contributed by atoms with Gasteiger partial charge in [-0.2, -0.15) is 4.68 Å². The van der Waals surface area contributed by atoms with Gasteiger partial charge in [0.1, 0.15) is 11.9 Å². The monoisotopic (exact) mass is 365 g/mol. The molecule has 2 rings (SSSR count). The summed E-state index contributed by atoms with van der Waals surface area (Å²) in [5.74, 6) is -1.82. The smallest absolute Gasteiger partial charge is 0.375 e. The second-order valence-electron chi connectivity index (χ2n) is 5.73. The topological polar surface area (TPSA) is 108 Å². The molecule has 0 amide bonds. The van der Waals surface area contributed by atoms with Crippen LogP contribution in [0.2, 0.25) is 0 Å². The summed E-state index contributed by atoms with van der Waals surface area (Å²) < 4.78 is 19.4. The molecule has 10 heteroatoms. The van der Waals surface area contributed by atoms with Crippen molar-refractivity contribution in [2.24, 2.45) is 5.92 Å². The van der Waals surface area contributed by atoms with Crippen molar-refractivity contribution in [1.29, 1.82) is 0 Å². The molecule has 0 aliphatic heterocycles. The molecule has 0 bridgehead atoms. The summed E-state index contributed by atoms with van der Waals surface area (Å²) in [4.78, 5) is 36.4. The van der Waals surface area contributed by atoms with Crippen molar-refractivity contribution in [3.05, 3.63) is 40.6 Å². The highest BCUT2D eigenvalue weighted by molar-refractivity contribution is 5.81. The van der Waals surface area contributed by atoms with Gasteiger partial charge in [-0.05, 0) is 34.5 Å². The Labute approximate surface area is 148 Å². The first kappa shape index (κ1) is 19.4. The molecule has 1 heterocycles. The number of hydrogen-bond donors (Lipinski definition) is 1. The van der Waals surface area contributed by atoms with E-state index in [0.717, 1.165) is 10.7 Å². The molecule has 140 valence electrons. The molecule has 2 atom stereocenters. The first-order valence-corrected chi connectivity index (χ1v) is 8.04. The van der Waals surface area contributed by atoms with E-state index in [1.165, 1.54) is 25.3 Å². The van der Waals surface area contributed by atoms with E-state index in [0.29, 0.717) is 11.1 Å². The van der Waals surface area contributed by atoms with Crippen molar-refractivity contribution in [2.45, 2.75) is 26.3 Å². The van der Waals surface area contributed by atoms with Crippen LogP contribution in [0.1, 0.15) is 25.1 Å². The number of methoxy groups -OCH3 is 1. The van der Waals surface area contributed by atoms with Gasteiger partial charge in [0.05, 0.1) is 19.3 Å². The zero-order valence-electron chi connectivity index (χ0n) is 14.7. The highest BCUT2D eigenvalue weighted by Crippen LogP contribution is 2.09. The summed E-state index contributed by atoms with van der Waals surface area (Å²) in [5, 5.41) is 9.89. The summed E-state index contributed by atoms with van der Waals surface area (Å²) in [6.45, 7) is 3.43. The van der Waals surface area contributed by atoms with E-state index in [1.54, 1.807) is 0 Å². The fraction of sp³-hybridized carbons (Fsp3) is 0.438. The molecule has 0 radical (unpaired) electrons. The number of carbonyl (C=O) groups excluding carboxylic acids is 2. The molecule has 1 N–H and O–H groups in total. The van der Waals surface area contributed by atoms with Crippen molar-refractivity contribution in [1.82, 2.24) is 25.1 Å². The highest BCUT2D eigenvalue weighted by Gasteiger charge is 2.26. The second-order valence-corrected chi connectivity index (χ2v) is 5.73. The highest BCUT2D eigenvalue weighted by atomic mass is 19.1. The van der Waals surface area contributed by atoms with Crippen LogP contribution in [-0.4, -0.2) is 51.4 Å². The van der Waals surface area contributed by atoms with Gasteiger partial charge in [0, 0.05) is 0 Å². The standard InChI is InChI=1S/C16H20FN5O4/c1-4-10(2)14(15(24)26-3)18-9-13(23)22-16(25)21(19-20-22)12-7-5-6-11(17)8-12/h5-8,10,14,18H,4,9H2,1-3H3/t10-,14-/m0/s1. The van der Waals surface area contributed by atoms with E-state index in [-0.39, 0.29) is 18.2 Å². The average molecular weight is 365 g/mol. The first-order valence-electron chi connectivity index (χ1n) is 8.04. The number of ether oxygens (including phenoxy) is 1. The van der Waals surface area contributed by atoms with Crippen molar-refractivity contribution < 1.29 is 18.7 Å². The molecule has 0 spiro atoms. The number of benzene rings is 1. The number of aromatic nitrogens is 4. The number of hydrogen-bond acceptors (Lipinski definition) is 7. The van der Waals surface area contributed by atoms with E-state index >= 15 is 0 Å². The van der Waals surface area contributed by atoms with Gasteiger partial charge < -0.3 is 4.74 Å². The van der Waals surface area contributed by atoms with Crippen LogP contribution < -0.4 is 11.0 Å². The van der Waals surface area contributed by atoms with Crippen LogP contribution in [0.25, 0.3) is 5.69 Å². The predicted octanol–water partition coefficient (Wildman–Crippen LogP) is 0.386. The molecule has 1 aromatic carbocycles. The normalized spacial score (nSPS) is 13.2. The van der Waals surface area contributed by atoms with Gasteiger partial charge in [-0.3, -0.25) is 14.9 Å². The number of tetrazole rings is 1. The van der Waals surface area contributed by atoms with E-state index in [9.17, 15) is 18.8 Å². The largest absolute Gasteiger partial charge is 0.468 e. The minimum absolute atomic E-state index is 0.0741. The summed E-state index contributed by atoms with van der Waals surface area (Å²) in [6, 6.07) is 4.49. The van der Waals surface area contributed by atoms with Crippen LogP contribution >= 0.6 is 0 Å². The van der Waals surface area contributed by atoms with Crippen LogP contribution in [-0.2, 0) is 9.53 Å². The summed E-state index contributed by atoms with van der Waals surface area (Å²) in [7, 11) is 1.26. The molecule has 0 saturated heterocycles. The number of nitrogens with zero attached hydrogens (tertiary/aromatic N) is 4. The molecule has 0 aliphatic rings.